The molecule has 1 N–H and O–H groups in total. The minimum atomic E-state index is -0.694. The summed E-state index contributed by atoms with van der Waals surface area (Å²) in [5.41, 5.74) is 5.72. The maximum absolute atomic E-state index is 12.9. The number of benzene rings is 2. The van der Waals surface area contributed by atoms with E-state index >= 15 is 0 Å². The monoisotopic (exact) mass is 393 g/mol. The first-order valence-corrected chi connectivity index (χ1v) is 9.83. The van der Waals surface area contributed by atoms with Crippen LogP contribution in [0.2, 0.25) is 0 Å². The Morgan fingerprint density at radius 3 is 2.86 bits per heavy atom. The maximum atomic E-state index is 12.9. The van der Waals surface area contributed by atoms with Gasteiger partial charge in [0.25, 0.3) is 5.91 Å². The summed E-state index contributed by atoms with van der Waals surface area (Å²) in [6.07, 6.45) is 0. The van der Waals surface area contributed by atoms with Crippen LogP contribution in [0.3, 0.4) is 0 Å². The van der Waals surface area contributed by atoms with Crippen LogP contribution >= 0.6 is 11.3 Å². The third-order valence-electron chi connectivity index (χ3n) is 4.74. The molecule has 6 nitrogen and oxygen atoms in total. The molecule has 142 valence electrons. The lowest BCUT2D eigenvalue weighted by atomic mass is 10.1. The Balaban J connectivity index is 1.65. The number of aryl methyl sites for hydroxylation is 1. The number of ether oxygens (including phenoxy) is 1. The van der Waals surface area contributed by atoms with E-state index in [9.17, 15) is 9.59 Å². The quantitative estimate of drug-likeness (QED) is 0.730. The second-order valence-corrected chi connectivity index (χ2v) is 7.31. The smallest absolute Gasteiger partial charge is 0.265 e. The van der Waals surface area contributed by atoms with Crippen molar-refractivity contribution in [3.8, 4) is 17.0 Å². The van der Waals surface area contributed by atoms with Crippen LogP contribution in [-0.2, 0) is 9.59 Å². The first-order valence-electron chi connectivity index (χ1n) is 8.88. The number of nitrogens with zero attached hydrogens (tertiary/aromatic N) is 2. The van der Waals surface area contributed by atoms with Crippen LogP contribution in [0.5, 0.6) is 5.75 Å². The van der Waals surface area contributed by atoms with E-state index in [0.717, 1.165) is 22.5 Å². The summed E-state index contributed by atoms with van der Waals surface area (Å²) >= 11 is 1.50. The van der Waals surface area contributed by atoms with Crippen molar-refractivity contribution in [2.75, 3.05) is 16.8 Å². The lowest BCUT2D eigenvalue weighted by Gasteiger charge is -2.33. The molecule has 0 saturated carbocycles. The van der Waals surface area contributed by atoms with Crippen molar-refractivity contribution in [2.24, 2.45) is 0 Å². The topological polar surface area (TPSA) is 71.5 Å². The van der Waals surface area contributed by atoms with Crippen molar-refractivity contribution in [1.29, 1.82) is 0 Å². The molecule has 4 rings (SSSR count). The van der Waals surface area contributed by atoms with Crippen molar-refractivity contribution in [3.63, 3.8) is 0 Å². The number of carbonyl (C=O) groups excluding carboxylic acids is 2. The molecule has 2 heterocycles. The summed E-state index contributed by atoms with van der Waals surface area (Å²) in [5.74, 6) is 0.0686. The molecule has 0 radical (unpaired) electrons. The summed E-state index contributed by atoms with van der Waals surface area (Å²) in [4.78, 5) is 31.3. The molecule has 28 heavy (non-hydrogen) atoms. The highest BCUT2D eigenvalue weighted by Gasteiger charge is 2.33. The van der Waals surface area contributed by atoms with Gasteiger partial charge in [-0.15, -0.1) is 11.3 Å². The van der Waals surface area contributed by atoms with Crippen LogP contribution in [0.1, 0.15) is 12.5 Å². The van der Waals surface area contributed by atoms with E-state index in [1.807, 2.05) is 54.8 Å². The number of carbonyl (C=O) groups is 2. The fraction of sp³-hybridized carbons (Fsp3) is 0.190. The minimum Gasteiger partial charge on any atom is -0.482 e. The largest absolute Gasteiger partial charge is 0.482 e. The fourth-order valence-corrected chi connectivity index (χ4v) is 3.74. The van der Waals surface area contributed by atoms with Gasteiger partial charge in [0.15, 0.2) is 6.61 Å². The van der Waals surface area contributed by atoms with Crippen LogP contribution < -0.4 is 15.0 Å². The van der Waals surface area contributed by atoms with E-state index in [-0.39, 0.29) is 18.4 Å². The lowest BCUT2D eigenvalue weighted by Crippen LogP contribution is -2.49. The second kappa shape index (κ2) is 7.44. The highest BCUT2D eigenvalue weighted by molar-refractivity contribution is 7.07. The first kappa shape index (κ1) is 18.2. The number of anilines is 2. The van der Waals surface area contributed by atoms with Gasteiger partial charge in [-0.3, -0.25) is 14.5 Å². The molecule has 0 aliphatic carbocycles. The molecule has 1 atom stereocenters. The van der Waals surface area contributed by atoms with Gasteiger partial charge in [-0.25, -0.2) is 4.98 Å². The van der Waals surface area contributed by atoms with Crippen LogP contribution in [0.4, 0.5) is 11.4 Å². The zero-order valence-corrected chi connectivity index (χ0v) is 16.3. The molecule has 0 spiro atoms. The third-order valence-corrected chi connectivity index (χ3v) is 5.32. The van der Waals surface area contributed by atoms with Gasteiger partial charge in [0.05, 0.1) is 16.9 Å². The molecule has 3 aromatic rings. The molecule has 0 fully saturated rings. The average Bonchev–Trinajstić information content (AvgIpc) is 3.23. The van der Waals surface area contributed by atoms with Crippen molar-refractivity contribution in [1.82, 2.24) is 4.98 Å². The molecule has 2 aromatic carbocycles. The van der Waals surface area contributed by atoms with E-state index in [1.54, 1.807) is 12.4 Å². The molecule has 1 aromatic heterocycles. The predicted molar refractivity (Wildman–Crippen MR) is 110 cm³/mol. The van der Waals surface area contributed by atoms with Gasteiger partial charge in [-0.2, -0.15) is 0 Å². The normalized spacial score (nSPS) is 14.2. The van der Waals surface area contributed by atoms with Crippen LogP contribution in [0, 0.1) is 6.92 Å². The van der Waals surface area contributed by atoms with Gasteiger partial charge in [0.2, 0.25) is 5.91 Å². The molecule has 7 heteroatoms. The zero-order valence-electron chi connectivity index (χ0n) is 15.5. The number of amides is 2. The first-order chi connectivity index (χ1) is 13.5. The third kappa shape index (κ3) is 3.36. The minimum absolute atomic E-state index is 0.0922. The van der Waals surface area contributed by atoms with E-state index in [1.165, 1.54) is 16.2 Å². The number of thiazole rings is 1. The predicted octanol–water partition coefficient (Wildman–Crippen LogP) is 3.87. The Morgan fingerprint density at radius 2 is 2.11 bits per heavy atom. The number of nitrogens with one attached hydrogen (secondary N) is 1. The number of para-hydroxylation sites is 1. The van der Waals surface area contributed by atoms with E-state index in [2.05, 4.69) is 10.3 Å². The van der Waals surface area contributed by atoms with Crippen molar-refractivity contribution < 1.29 is 14.3 Å². The molecule has 1 aliphatic heterocycles. The zero-order chi connectivity index (χ0) is 19.7. The number of hydrogen-bond donors (Lipinski definition) is 1. The molecule has 0 saturated heterocycles. The van der Waals surface area contributed by atoms with Crippen LogP contribution in [0.15, 0.2) is 53.4 Å². The van der Waals surface area contributed by atoms with Crippen molar-refractivity contribution >= 4 is 34.5 Å². The Morgan fingerprint density at radius 1 is 1.29 bits per heavy atom. The van der Waals surface area contributed by atoms with Gasteiger partial charge in [0.1, 0.15) is 11.8 Å². The van der Waals surface area contributed by atoms with Crippen LogP contribution in [0.25, 0.3) is 11.3 Å². The lowest BCUT2D eigenvalue weighted by molar-refractivity contribution is -0.125. The Hall–Kier alpha value is -3.19. The van der Waals surface area contributed by atoms with Gasteiger partial charge in [-0.1, -0.05) is 18.2 Å². The highest BCUT2D eigenvalue weighted by atomic mass is 32.1. The van der Waals surface area contributed by atoms with Crippen molar-refractivity contribution in [2.45, 2.75) is 19.9 Å². The Labute approximate surface area is 166 Å². The summed E-state index contributed by atoms with van der Waals surface area (Å²) in [6.45, 7) is 3.55. The molecule has 1 aliphatic rings. The molecule has 2 amide bonds. The van der Waals surface area contributed by atoms with Gasteiger partial charge < -0.3 is 10.1 Å². The summed E-state index contributed by atoms with van der Waals surface area (Å²) < 4.78 is 5.56. The van der Waals surface area contributed by atoms with E-state index in [0.29, 0.717) is 11.4 Å². The summed E-state index contributed by atoms with van der Waals surface area (Å²) in [5, 5.41) is 4.85. The van der Waals surface area contributed by atoms with E-state index in [4.69, 9.17) is 4.74 Å². The van der Waals surface area contributed by atoms with Crippen LogP contribution in [-0.4, -0.2) is 29.4 Å². The van der Waals surface area contributed by atoms with Gasteiger partial charge >= 0.3 is 0 Å². The molecular formula is C21H19N3O3S. The van der Waals surface area contributed by atoms with Gasteiger partial charge in [-0.05, 0) is 43.7 Å². The standard InChI is InChI=1S/C21H19N3O3S/c1-13-5-3-4-6-16(13)23-21(26)14(2)24-18-9-15(17-11-28-12-22-17)7-8-19(18)27-10-20(24)25/h3-9,11-12,14H,10H2,1-2H3,(H,23,26). The summed E-state index contributed by atoms with van der Waals surface area (Å²) in [6, 6.07) is 12.4. The molecule has 0 bridgehead atoms. The average molecular weight is 393 g/mol. The number of aromatic nitrogens is 1. The number of hydrogen-bond acceptors (Lipinski definition) is 5. The molecular weight excluding hydrogens is 374 g/mol. The fourth-order valence-electron chi connectivity index (χ4n) is 3.18. The molecule has 1 unspecified atom stereocenters. The maximum Gasteiger partial charge on any atom is 0.265 e. The Kier molecular flexibility index (Phi) is 4.83. The summed E-state index contributed by atoms with van der Waals surface area (Å²) in [7, 11) is 0. The van der Waals surface area contributed by atoms with Crippen molar-refractivity contribution in [3.05, 3.63) is 58.9 Å². The number of rotatable bonds is 4. The van der Waals surface area contributed by atoms with Gasteiger partial charge in [0, 0.05) is 16.6 Å². The number of fused-ring (bicyclic) bond motifs is 1. The second-order valence-electron chi connectivity index (χ2n) is 6.59. The Bertz CT molecular complexity index is 1030. The highest BCUT2D eigenvalue weighted by Crippen LogP contribution is 2.37. The SMILES string of the molecule is Cc1ccccc1NC(=O)C(C)N1C(=O)COc2ccc(-c3cscn3)cc21. The van der Waals surface area contributed by atoms with E-state index < -0.39 is 6.04 Å².